The molecule has 1 aromatic carbocycles. The molecule has 0 spiro atoms. The molecular weight excluding hydrogens is 232 g/mol. The zero-order chi connectivity index (χ0) is 12.1. The Bertz CT molecular complexity index is 339. The lowest BCUT2D eigenvalue weighted by molar-refractivity contribution is -0.166. The quantitative estimate of drug-likeness (QED) is 0.808. The zero-order valence-electron chi connectivity index (χ0n) is 9.44. The van der Waals surface area contributed by atoms with Gasteiger partial charge < -0.3 is 19.3 Å². The second-order valence-electron chi connectivity index (χ2n) is 3.18. The van der Waals surface area contributed by atoms with Crippen molar-refractivity contribution in [2.24, 2.45) is 0 Å². The van der Waals surface area contributed by atoms with Gasteiger partial charge in [-0.05, 0) is 17.7 Å². The molecule has 0 saturated carbocycles. The van der Waals surface area contributed by atoms with E-state index in [-0.39, 0.29) is 0 Å². The van der Waals surface area contributed by atoms with Crippen molar-refractivity contribution >= 4 is 11.6 Å². The van der Waals surface area contributed by atoms with Gasteiger partial charge in [-0.25, -0.2) is 0 Å². The maximum absolute atomic E-state index is 9.94. The number of rotatable bonds is 5. The molecule has 0 amide bonds. The number of ether oxygens (including phenoxy) is 3. The average Bonchev–Trinajstić information content (AvgIpc) is 2.31. The van der Waals surface area contributed by atoms with Crippen molar-refractivity contribution in [1.29, 1.82) is 0 Å². The number of aliphatic hydroxyl groups excluding tert-OH is 1. The molecule has 1 unspecified atom stereocenters. The Balaban J connectivity index is 2.95. The number of methoxy groups -OCH3 is 3. The zero-order valence-corrected chi connectivity index (χ0v) is 10.2. The molecule has 0 aliphatic carbocycles. The summed E-state index contributed by atoms with van der Waals surface area (Å²) in [7, 11) is 4.44. The Morgan fingerprint density at radius 3 is 2.31 bits per heavy atom. The Labute approximate surface area is 99.7 Å². The molecular formula is C11H15ClO4. The Kier molecular flexibility index (Phi) is 5.02. The van der Waals surface area contributed by atoms with Crippen LogP contribution in [0.3, 0.4) is 0 Å². The predicted molar refractivity (Wildman–Crippen MR) is 60.8 cm³/mol. The summed E-state index contributed by atoms with van der Waals surface area (Å²) in [6.07, 6.45) is -1.60. The van der Waals surface area contributed by atoms with Gasteiger partial charge in [-0.3, -0.25) is 0 Å². The standard InChI is InChI=1S/C11H15ClO4/c1-14-9-6-7(4-5-8(9)12)10(13)11(15-2)16-3/h4-6,10-11,13H,1-3H3. The summed E-state index contributed by atoms with van der Waals surface area (Å²) in [5, 5.41) is 10.4. The largest absolute Gasteiger partial charge is 0.495 e. The highest BCUT2D eigenvalue weighted by Crippen LogP contribution is 2.29. The van der Waals surface area contributed by atoms with Crippen LogP contribution in [0.15, 0.2) is 18.2 Å². The second kappa shape index (κ2) is 6.06. The van der Waals surface area contributed by atoms with Gasteiger partial charge in [0, 0.05) is 14.2 Å². The van der Waals surface area contributed by atoms with Crippen LogP contribution in [-0.2, 0) is 9.47 Å². The van der Waals surface area contributed by atoms with Crippen molar-refractivity contribution in [2.45, 2.75) is 12.4 Å². The molecule has 0 aliphatic heterocycles. The smallest absolute Gasteiger partial charge is 0.187 e. The lowest BCUT2D eigenvalue weighted by Crippen LogP contribution is -2.22. The highest BCUT2D eigenvalue weighted by molar-refractivity contribution is 6.32. The third kappa shape index (κ3) is 2.86. The van der Waals surface area contributed by atoms with Crippen LogP contribution in [0.4, 0.5) is 0 Å². The maximum Gasteiger partial charge on any atom is 0.187 e. The number of benzene rings is 1. The lowest BCUT2D eigenvalue weighted by Gasteiger charge is -2.20. The van der Waals surface area contributed by atoms with Crippen molar-refractivity contribution in [2.75, 3.05) is 21.3 Å². The second-order valence-corrected chi connectivity index (χ2v) is 3.59. The molecule has 0 fully saturated rings. The molecule has 90 valence electrons. The average molecular weight is 247 g/mol. The van der Waals surface area contributed by atoms with Crippen LogP contribution in [0.5, 0.6) is 5.75 Å². The number of hydrogen-bond acceptors (Lipinski definition) is 4. The van der Waals surface area contributed by atoms with Crippen LogP contribution < -0.4 is 4.74 Å². The molecule has 0 aliphatic rings. The molecule has 0 heterocycles. The summed E-state index contributed by atoms with van der Waals surface area (Å²) in [5.41, 5.74) is 0.620. The van der Waals surface area contributed by atoms with Gasteiger partial charge in [0.15, 0.2) is 6.29 Å². The molecule has 16 heavy (non-hydrogen) atoms. The van der Waals surface area contributed by atoms with Gasteiger partial charge in [-0.2, -0.15) is 0 Å². The predicted octanol–water partition coefficient (Wildman–Crippen LogP) is 2.00. The van der Waals surface area contributed by atoms with E-state index in [0.29, 0.717) is 16.3 Å². The summed E-state index contributed by atoms with van der Waals surface area (Å²) in [6, 6.07) is 5.00. The molecule has 1 atom stereocenters. The summed E-state index contributed by atoms with van der Waals surface area (Å²) >= 11 is 5.88. The van der Waals surface area contributed by atoms with Gasteiger partial charge >= 0.3 is 0 Å². The van der Waals surface area contributed by atoms with Crippen LogP contribution in [0.2, 0.25) is 5.02 Å². The van der Waals surface area contributed by atoms with Gasteiger partial charge in [0.05, 0.1) is 12.1 Å². The fourth-order valence-corrected chi connectivity index (χ4v) is 1.57. The Hall–Kier alpha value is -0.810. The minimum absolute atomic E-state index is 0.491. The molecule has 5 heteroatoms. The van der Waals surface area contributed by atoms with Crippen molar-refractivity contribution in [3.8, 4) is 5.75 Å². The van der Waals surface area contributed by atoms with E-state index >= 15 is 0 Å². The van der Waals surface area contributed by atoms with E-state index in [1.54, 1.807) is 18.2 Å². The first-order valence-electron chi connectivity index (χ1n) is 4.71. The molecule has 4 nitrogen and oxygen atoms in total. The van der Waals surface area contributed by atoms with E-state index < -0.39 is 12.4 Å². The summed E-state index contributed by atoms with van der Waals surface area (Å²) in [6.45, 7) is 0. The van der Waals surface area contributed by atoms with E-state index in [4.69, 9.17) is 25.8 Å². The third-order valence-corrected chi connectivity index (χ3v) is 2.55. The maximum atomic E-state index is 9.94. The molecule has 0 aromatic heterocycles. The monoisotopic (exact) mass is 246 g/mol. The lowest BCUT2D eigenvalue weighted by atomic mass is 10.1. The molecule has 1 aromatic rings. The topological polar surface area (TPSA) is 47.9 Å². The van der Waals surface area contributed by atoms with Crippen molar-refractivity contribution in [3.63, 3.8) is 0 Å². The summed E-state index contributed by atoms with van der Waals surface area (Å²) < 4.78 is 15.0. The van der Waals surface area contributed by atoms with E-state index in [9.17, 15) is 5.11 Å². The number of halogens is 1. The van der Waals surface area contributed by atoms with Crippen LogP contribution in [0, 0.1) is 0 Å². The van der Waals surface area contributed by atoms with Crippen molar-refractivity contribution in [1.82, 2.24) is 0 Å². The Morgan fingerprint density at radius 1 is 1.19 bits per heavy atom. The first-order chi connectivity index (χ1) is 7.63. The SMILES string of the molecule is COc1cc(C(O)C(OC)OC)ccc1Cl. The molecule has 1 rings (SSSR count). The van der Waals surface area contributed by atoms with E-state index in [1.807, 2.05) is 0 Å². The highest BCUT2D eigenvalue weighted by Gasteiger charge is 2.20. The van der Waals surface area contributed by atoms with Gasteiger partial charge in [-0.15, -0.1) is 0 Å². The highest BCUT2D eigenvalue weighted by atomic mass is 35.5. The molecule has 0 radical (unpaired) electrons. The molecule has 1 N–H and O–H groups in total. The van der Waals surface area contributed by atoms with Crippen LogP contribution in [0.25, 0.3) is 0 Å². The van der Waals surface area contributed by atoms with E-state index in [2.05, 4.69) is 0 Å². The normalized spacial score (nSPS) is 12.9. The molecule has 0 bridgehead atoms. The van der Waals surface area contributed by atoms with Gasteiger partial charge in [-0.1, -0.05) is 17.7 Å². The van der Waals surface area contributed by atoms with Crippen LogP contribution >= 0.6 is 11.6 Å². The van der Waals surface area contributed by atoms with E-state index in [0.717, 1.165) is 0 Å². The molecule has 0 saturated heterocycles. The van der Waals surface area contributed by atoms with Gasteiger partial charge in [0.1, 0.15) is 11.9 Å². The summed E-state index contributed by atoms with van der Waals surface area (Å²) in [4.78, 5) is 0. The van der Waals surface area contributed by atoms with Crippen molar-refractivity contribution in [3.05, 3.63) is 28.8 Å². The van der Waals surface area contributed by atoms with Gasteiger partial charge in [0.25, 0.3) is 0 Å². The third-order valence-electron chi connectivity index (χ3n) is 2.24. The van der Waals surface area contributed by atoms with Crippen molar-refractivity contribution < 1.29 is 19.3 Å². The minimum Gasteiger partial charge on any atom is -0.495 e. The fourth-order valence-electron chi connectivity index (χ4n) is 1.37. The Morgan fingerprint density at radius 2 is 1.81 bits per heavy atom. The summed E-state index contributed by atoms with van der Waals surface area (Å²) in [5.74, 6) is 0.504. The van der Waals surface area contributed by atoms with E-state index in [1.165, 1.54) is 21.3 Å². The fraction of sp³-hybridized carbons (Fsp3) is 0.455. The van der Waals surface area contributed by atoms with Crippen LogP contribution in [-0.4, -0.2) is 32.7 Å². The number of aliphatic hydroxyl groups is 1. The first kappa shape index (κ1) is 13.3. The number of hydrogen-bond donors (Lipinski definition) is 1. The minimum atomic E-state index is -0.888. The first-order valence-corrected chi connectivity index (χ1v) is 5.09. The van der Waals surface area contributed by atoms with Crippen LogP contribution in [0.1, 0.15) is 11.7 Å². The van der Waals surface area contributed by atoms with Gasteiger partial charge in [0.2, 0.25) is 0 Å².